The topological polar surface area (TPSA) is 9.23 Å². The number of hydrogen-bond donors (Lipinski definition) is 0. The lowest BCUT2D eigenvalue weighted by atomic mass is 9.98. The van der Waals surface area contributed by atoms with Crippen LogP contribution in [0.3, 0.4) is 0 Å². The third kappa shape index (κ3) is 7.52. The number of ether oxygens (including phenoxy) is 1. The summed E-state index contributed by atoms with van der Waals surface area (Å²) in [6.45, 7) is -1.17. The van der Waals surface area contributed by atoms with Crippen LogP contribution in [0.2, 0.25) is 0 Å². The van der Waals surface area contributed by atoms with Crippen LogP contribution in [-0.2, 0) is 11.2 Å². The van der Waals surface area contributed by atoms with Crippen LogP contribution in [0.25, 0.3) is 0 Å². The van der Waals surface area contributed by atoms with E-state index in [-0.39, 0.29) is 18.3 Å². The lowest BCUT2D eigenvalue weighted by Crippen LogP contribution is -2.19. The van der Waals surface area contributed by atoms with Gasteiger partial charge in [-0.15, -0.1) is 0 Å². The van der Waals surface area contributed by atoms with E-state index in [1.807, 2.05) is 0 Å². The van der Waals surface area contributed by atoms with Gasteiger partial charge in [-0.25, -0.2) is 4.39 Å². The van der Waals surface area contributed by atoms with Gasteiger partial charge in [-0.05, 0) is 36.5 Å². The van der Waals surface area contributed by atoms with E-state index >= 15 is 0 Å². The summed E-state index contributed by atoms with van der Waals surface area (Å²) in [5.74, 6) is -0.186. The fourth-order valence-corrected chi connectivity index (χ4v) is 2.22. The smallest absolute Gasteiger partial charge is 0.372 e. The van der Waals surface area contributed by atoms with Crippen molar-refractivity contribution in [3.63, 3.8) is 0 Å². The first kappa shape index (κ1) is 16.4. The summed E-state index contributed by atoms with van der Waals surface area (Å²) in [5.41, 5.74) is 0.834. The van der Waals surface area contributed by atoms with Crippen LogP contribution in [0.15, 0.2) is 24.3 Å². The van der Waals surface area contributed by atoms with Crippen LogP contribution in [0.4, 0.5) is 17.6 Å². The minimum absolute atomic E-state index is 0.0467. The Morgan fingerprint density at radius 1 is 1.26 bits per heavy atom. The van der Waals surface area contributed by atoms with Crippen LogP contribution in [0, 0.1) is 11.7 Å². The van der Waals surface area contributed by atoms with E-state index in [1.54, 1.807) is 12.1 Å². The van der Waals surface area contributed by atoms with Gasteiger partial charge in [0.05, 0.1) is 0 Å². The zero-order valence-electron chi connectivity index (χ0n) is 10.2. The molecule has 0 saturated carbocycles. The molecule has 0 aliphatic carbocycles. The summed E-state index contributed by atoms with van der Waals surface area (Å²) < 4.78 is 53.2. The molecule has 0 bridgehead atoms. The molecule has 1 atom stereocenters. The molecular weight excluding hydrogens is 328 g/mol. The maximum absolute atomic E-state index is 13.0. The first-order valence-corrected chi connectivity index (χ1v) is 6.98. The SMILES string of the molecule is Fc1cccc(CC(CBr)CCOCC(F)(F)F)c1. The van der Waals surface area contributed by atoms with Gasteiger partial charge in [-0.1, -0.05) is 28.1 Å². The third-order valence-corrected chi connectivity index (χ3v) is 3.48. The largest absolute Gasteiger partial charge is 0.411 e. The molecule has 1 unspecified atom stereocenters. The molecule has 0 aliphatic rings. The molecule has 0 saturated heterocycles. The predicted molar refractivity (Wildman–Crippen MR) is 68.9 cm³/mol. The Balaban J connectivity index is 2.34. The second kappa shape index (κ2) is 7.85. The van der Waals surface area contributed by atoms with Crippen LogP contribution < -0.4 is 0 Å². The summed E-state index contributed by atoms with van der Waals surface area (Å²) in [4.78, 5) is 0. The fourth-order valence-electron chi connectivity index (χ4n) is 1.67. The van der Waals surface area contributed by atoms with Gasteiger partial charge in [0.2, 0.25) is 0 Å². The molecule has 108 valence electrons. The predicted octanol–water partition coefficient (Wildman–Crippen LogP) is 4.35. The minimum atomic E-state index is -4.29. The molecule has 6 heteroatoms. The Hall–Kier alpha value is -0.620. The first-order chi connectivity index (χ1) is 8.90. The fraction of sp³-hybridized carbons (Fsp3) is 0.538. The van der Waals surface area contributed by atoms with E-state index in [2.05, 4.69) is 20.7 Å². The molecule has 0 fully saturated rings. The molecule has 0 heterocycles. The van der Waals surface area contributed by atoms with Gasteiger partial charge in [0, 0.05) is 11.9 Å². The molecule has 0 aromatic heterocycles. The van der Waals surface area contributed by atoms with Crippen molar-refractivity contribution in [3.8, 4) is 0 Å². The molecule has 0 spiro atoms. The second-order valence-electron chi connectivity index (χ2n) is 4.31. The second-order valence-corrected chi connectivity index (χ2v) is 4.96. The third-order valence-electron chi connectivity index (χ3n) is 2.57. The van der Waals surface area contributed by atoms with Crippen molar-refractivity contribution in [2.24, 2.45) is 5.92 Å². The monoisotopic (exact) mass is 342 g/mol. The molecule has 1 aromatic rings. The summed E-state index contributed by atoms with van der Waals surface area (Å²) in [5, 5.41) is 0.638. The van der Waals surface area contributed by atoms with Crippen molar-refractivity contribution in [2.75, 3.05) is 18.5 Å². The molecule has 0 amide bonds. The number of halogens is 5. The van der Waals surface area contributed by atoms with Gasteiger partial charge in [0.1, 0.15) is 12.4 Å². The van der Waals surface area contributed by atoms with Gasteiger partial charge in [-0.3, -0.25) is 0 Å². The van der Waals surface area contributed by atoms with E-state index in [0.717, 1.165) is 5.56 Å². The van der Waals surface area contributed by atoms with Gasteiger partial charge in [-0.2, -0.15) is 13.2 Å². The van der Waals surface area contributed by atoms with Crippen molar-refractivity contribution in [1.82, 2.24) is 0 Å². The molecular formula is C13H15BrF4O. The quantitative estimate of drug-likeness (QED) is 0.406. The van der Waals surface area contributed by atoms with E-state index in [9.17, 15) is 17.6 Å². The minimum Gasteiger partial charge on any atom is -0.372 e. The van der Waals surface area contributed by atoms with Crippen molar-refractivity contribution in [2.45, 2.75) is 19.0 Å². The standard InChI is InChI=1S/C13H15BrF4O/c14-8-11(4-5-19-9-13(16,17)18)6-10-2-1-3-12(15)7-10/h1-3,7,11H,4-6,8-9H2. The Bertz CT molecular complexity index is 381. The van der Waals surface area contributed by atoms with Crippen LogP contribution >= 0.6 is 15.9 Å². The van der Waals surface area contributed by atoms with Crippen molar-refractivity contribution in [1.29, 1.82) is 0 Å². The van der Waals surface area contributed by atoms with Crippen molar-refractivity contribution in [3.05, 3.63) is 35.6 Å². The van der Waals surface area contributed by atoms with Crippen molar-refractivity contribution >= 4 is 15.9 Å². The molecule has 1 nitrogen and oxygen atoms in total. The molecule has 0 N–H and O–H groups in total. The van der Waals surface area contributed by atoms with Crippen LogP contribution in [0.5, 0.6) is 0 Å². The zero-order valence-corrected chi connectivity index (χ0v) is 11.8. The lowest BCUT2D eigenvalue weighted by molar-refractivity contribution is -0.174. The van der Waals surface area contributed by atoms with Crippen LogP contribution in [-0.4, -0.2) is 24.7 Å². The number of rotatable bonds is 7. The Kier molecular flexibility index (Phi) is 6.79. The maximum atomic E-state index is 13.0. The van der Waals surface area contributed by atoms with Gasteiger partial charge >= 0.3 is 6.18 Å². The summed E-state index contributed by atoms with van der Waals surface area (Å²) in [6.07, 6.45) is -3.18. The molecule has 0 radical (unpaired) electrons. The van der Waals surface area contributed by atoms with E-state index < -0.39 is 12.8 Å². The normalized spacial score (nSPS) is 13.5. The highest BCUT2D eigenvalue weighted by atomic mass is 79.9. The average molecular weight is 343 g/mol. The average Bonchev–Trinajstić information content (AvgIpc) is 2.32. The molecule has 19 heavy (non-hydrogen) atoms. The first-order valence-electron chi connectivity index (χ1n) is 5.85. The summed E-state index contributed by atoms with van der Waals surface area (Å²) in [7, 11) is 0. The van der Waals surface area contributed by atoms with E-state index in [0.29, 0.717) is 18.2 Å². The van der Waals surface area contributed by atoms with Crippen LogP contribution in [0.1, 0.15) is 12.0 Å². The van der Waals surface area contributed by atoms with E-state index in [4.69, 9.17) is 0 Å². The Morgan fingerprint density at radius 2 is 2.00 bits per heavy atom. The molecule has 1 rings (SSSR count). The van der Waals surface area contributed by atoms with E-state index in [1.165, 1.54) is 12.1 Å². The zero-order chi connectivity index (χ0) is 14.3. The highest BCUT2D eigenvalue weighted by Crippen LogP contribution is 2.18. The van der Waals surface area contributed by atoms with Gasteiger partial charge in [0.25, 0.3) is 0 Å². The van der Waals surface area contributed by atoms with Gasteiger partial charge < -0.3 is 4.74 Å². The van der Waals surface area contributed by atoms with Crippen molar-refractivity contribution < 1.29 is 22.3 Å². The molecule has 0 aliphatic heterocycles. The molecule has 1 aromatic carbocycles. The van der Waals surface area contributed by atoms with Gasteiger partial charge in [0.15, 0.2) is 0 Å². The lowest BCUT2D eigenvalue weighted by Gasteiger charge is -2.15. The maximum Gasteiger partial charge on any atom is 0.411 e. The Labute approximate surface area is 118 Å². The highest BCUT2D eigenvalue weighted by Gasteiger charge is 2.27. The number of hydrogen-bond acceptors (Lipinski definition) is 1. The number of benzene rings is 1. The highest BCUT2D eigenvalue weighted by molar-refractivity contribution is 9.09. The summed E-state index contributed by atoms with van der Waals surface area (Å²) >= 11 is 3.31. The number of alkyl halides is 4. The summed E-state index contributed by atoms with van der Waals surface area (Å²) in [6, 6.07) is 6.22. The Morgan fingerprint density at radius 3 is 2.58 bits per heavy atom.